The van der Waals surface area contributed by atoms with Crippen LogP contribution in [0.5, 0.6) is 0 Å². The highest BCUT2D eigenvalue weighted by molar-refractivity contribution is 5.81. The first-order chi connectivity index (χ1) is 8.13. The summed E-state index contributed by atoms with van der Waals surface area (Å²) in [7, 11) is 0. The van der Waals surface area contributed by atoms with E-state index in [0.29, 0.717) is 6.54 Å². The van der Waals surface area contributed by atoms with Crippen LogP contribution in [0.4, 0.5) is 0 Å². The topological polar surface area (TPSA) is 66.9 Å². The second-order valence-corrected chi connectivity index (χ2v) is 4.12. The van der Waals surface area contributed by atoms with Gasteiger partial charge in [0.05, 0.1) is 11.7 Å². The van der Waals surface area contributed by atoms with Crippen LogP contribution >= 0.6 is 0 Å². The van der Waals surface area contributed by atoms with E-state index in [9.17, 15) is 4.79 Å². The Hall–Kier alpha value is -1.49. The standard InChI is InChI=1S/C12H20N4O/c1-4-9(2)16-12(17)10(3)14-7-11-5-6-13-8-15-11/h5-6,8-10,14H,4,7H2,1-3H3,(H,16,17). The lowest BCUT2D eigenvalue weighted by Gasteiger charge is -2.17. The van der Waals surface area contributed by atoms with Gasteiger partial charge in [-0.25, -0.2) is 9.97 Å². The minimum absolute atomic E-state index is 0.0217. The van der Waals surface area contributed by atoms with Gasteiger partial charge in [0.15, 0.2) is 0 Å². The van der Waals surface area contributed by atoms with Crippen molar-refractivity contribution in [1.29, 1.82) is 0 Å². The van der Waals surface area contributed by atoms with Gasteiger partial charge >= 0.3 is 0 Å². The molecule has 1 aromatic heterocycles. The van der Waals surface area contributed by atoms with Gasteiger partial charge in [0, 0.05) is 18.8 Å². The van der Waals surface area contributed by atoms with Crippen LogP contribution in [-0.4, -0.2) is 28.0 Å². The van der Waals surface area contributed by atoms with Crippen LogP contribution in [0.3, 0.4) is 0 Å². The van der Waals surface area contributed by atoms with E-state index in [4.69, 9.17) is 0 Å². The zero-order valence-electron chi connectivity index (χ0n) is 10.6. The fourth-order valence-electron chi connectivity index (χ4n) is 1.24. The van der Waals surface area contributed by atoms with Crippen LogP contribution in [0.25, 0.3) is 0 Å². The predicted molar refractivity (Wildman–Crippen MR) is 66.2 cm³/mol. The van der Waals surface area contributed by atoms with Crippen molar-refractivity contribution in [2.24, 2.45) is 0 Å². The molecule has 1 rings (SSSR count). The molecule has 1 aromatic rings. The third-order valence-corrected chi connectivity index (χ3v) is 2.63. The monoisotopic (exact) mass is 236 g/mol. The molecule has 17 heavy (non-hydrogen) atoms. The number of hydrogen-bond donors (Lipinski definition) is 2. The second-order valence-electron chi connectivity index (χ2n) is 4.12. The van der Waals surface area contributed by atoms with E-state index in [0.717, 1.165) is 12.1 Å². The number of nitrogens with zero attached hydrogens (tertiary/aromatic N) is 2. The van der Waals surface area contributed by atoms with E-state index in [-0.39, 0.29) is 18.0 Å². The van der Waals surface area contributed by atoms with E-state index in [1.165, 1.54) is 6.33 Å². The fraction of sp³-hybridized carbons (Fsp3) is 0.583. The van der Waals surface area contributed by atoms with Crippen molar-refractivity contribution < 1.29 is 4.79 Å². The van der Waals surface area contributed by atoms with E-state index in [1.807, 2.05) is 26.8 Å². The molecule has 0 saturated carbocycles. The van der Waals surface area contributed by atoms with Crippen LogP contribution in [0.15, 0.2) is 18.6 Å². The minimum Gasteiger partial charge on any atom is -0.352 e. The molecule has 0 spiro atoms. The van der Waals surface area contributed by atoms with Crippen molar-refractivity contribution in [2.45, 2.75) is 45.8 Å². The molecule has 0 aliphatic carbocycles. The van der Waals surface area contributed by atoms with Crippen molar-refractivity contribution in [1.82, 2.24) is 20.6 Å². The molecule has 5 heteroatoms. The molecule has 1 amide bonds. The van der Waals surface area contributed by atoms with Gasteiger partial charge in [-0.2, -0.15) is 0 Å². The number of rotatable bonds is 6. The predicted octanol–water partition coefficient (Wildman–Crippen LogP) is 0.869. The van der Waals surface area contributed by atoms with Crippen LogP contribution in [0, 0.1) is 0 Å². The second kappa shape index (κ2) is 6.96. The third kappa shape index (κ3) is 4.91. The summed E-state index contributed by atoms with van der Waals surface area (Å²) in [4.78, 5) is 19.6. The van der Waals surface area contributed by atoms with Crippen LogP contribution in [0.2, 0.25) is 0 Å². The Morgan fingerprint density at radius 3 is 2.82 bits per heavy atom. The van der Waals surface area contributed by atoms with Crippen LogP contribution in [-0.2, 0) is 11.3 Å². The first kappa shape index (κ1) is 13.6. The molecule has 2 atom stereocenters. The molecule has 0 saturated heterocycles. The lowest BCUT2D eigenvalue weighted by atomic mass is 10.2. The highest BCUT2D eigenvalue weighted by atomic mass is 16.2. The zero-order valence-corrected chi connectivity index (χ0v) is 10.6. The van der Waals surface area contributed by atoms with Crippen molar-refractivity contribution in [3.63, 3.8) is 0 Å². The van der Waals surface area contributed by atoms with Gasteiger partial charge in [0.25, 0.3) is 0 Å². The Labute approximate surface area is 102 Å². The molecule has 0 aliphatic rings. The summed E-state index contributed by atoms with van der Waals surface area (Å²) in [5, 5.41) is 6.06. The molecule has 2 unspecified atom stereocenters. The van der Waals surface area contributed by atoms with Crippen molar-refractivity contribution in [2.75, 3.05) is 0 Å². The quantitative estimate of drug-likeness (QED) is 0.769. The van der Waals surface area contributed by atoms with E-state index in [1.54, 1.807) is 6.20 Å². The van der Waals surface area contributed by atoms with E-state index >= 15 is 0 Å². The largest absolute Gasteiger partial charge is 0.352 e. The first-order valence-corrected chi connectivity index (χ1v) is 5.92. The number of carbonyl (C=O) groups is 1. The number of nitrogens with one attached hydrogen (secondary N) is 2. The average Bonchev–Trinajstić information content (AvgIpc) is 2.36. The molecule has 5 nitrogen and oxygen atoms in total. The number of hydrogen-bond acceptors (Lipinski definition) is 4. The Balaban J connectivity index is 2.34. The summed E-state index contributed by atoms with van der Waals surface area (Å²) < 4.78 is 0. The lowest BCUT2D eigenvalue weighted by Crippen LogP contribution is -2.45. The maximum Gasteiger partial charge on any atom is 0.237 e. The molecule has 0 bridgehead atoms. The van der Waals surface area contributed by atoms with Crippen LogP contribution in [0.1, 0.15) is 32.9 Å². The number of carbonyl (C=O) groups excluding carboxylic acids is 1. The van der Waals surface area contributed by atoms with Crippen molar-refractivity contribution >= 4 is 5.91 Å². The lowest BCUT2D eigenvalue weighted by molar-refractivity contribution is -0.123. The summed E-state index contributed by atoms with van der Waals surface area (Å²) in [6, 6.07) is 1.82. The summed E-state index contributed by atoms with van der Waals surface area (Å²) in [6.45, 7) is 6.45. The maximum absolute atomic E-state index is 11.7. The maximum atomic E-state index is 11.7. The molecular formula is C12H20N4O. The number of amides is 1. The number of aromatic nitrogens is 2. The molecule has 0 aromatic carbocycles. The van der Waals surface area contributed by atoms with Gasteiger partial charge in [-0.1, -0.05) is 6.92 Å². The minimum atomic E-state index is -0.223. The third-order valence-electron chi connectivity index (χ3n) is 2.63. The molecule has 0 fully saturated rings. The average molecular weight is 236 g/mol. The normalized spacial score (nSPS) is 14.1. The SMILES string of the molecule is CCC(C)NC(=O)C(C)NCc1ccncn1. The molecule has 0 radical (unpaired) electrons. The van der Waals surface area contributed by atoms with Gasteiger partial charge in [-0.15, -0.1) is 0 Å². The fourth-order valence-corrected chi connectivity index (χ4v) is 1.24. The van der Waals surface area contributed by atoms with Gasteiger partial charge in [0.1, 0.15) is 6.33 Å². The molecule has 0 aliphatic heterocycles. The smallest absolute Gasteiger partial charge is 0.237 e. The van der Waals surface area contributed by atoms with E-state index < -0.39 is 0 Å². The summed E-state index contributed by atoms with van der Waals surface area (Å²) in [5.41, 5.74) is 0.878. The van der Waals surface area contributed by atoms with E-state index in [2.05, 4.69) is 20.6 Å². The molecule has 1 heterocycles. The van der Waals surface area contributed by atoms with Crippen molar-refractivity contribution in [3.05, 3.63) is 24.3 Å². The van der Waals surface area contributed by atoms with Gasteiger partial charge < -0.3 is 10.6 Å². The van der Waals surface area contributed by atoms with Gasteiger partial charge in [0.2, 0.25) is 5.91 Å². The highest BCUT2D eigenvalue weighted by Crippen LogP contribution is 1.94. The van der Waals surface area contributed by atoms with Gasteiger partial charge in [-0.3, -0.25) is 4.79 Å². The van der Waals surface area contributed by atoms with Crippen LogP contribution < -0.4 is 10.6 Å². The Kier molecular flexibility index (Phi) is 5.56. The Morgan fingerprint density at radius 1 is 1.47 bits per heavy atom. The molecule has 94 valence electrons. The first-order valence-electron chi connectivity index (χ1n) is 5.92. The summed E-state index contributed by atoms with van der Waals surface area (Å²) in [6.07, 6.45) is 4.12. The Bertz CT molecular complexity index is 342. The molecule has 2 N–H and O–H groups in total. The summed E-state index contributed by atoms with van der Waals surface area (Å²) >= 11 is 0. The Morgan fingerprint density at radius 2 is 2.24 bits per heavy atom. The summed E-state index contributed by atoms with van der Waals surface area (Å²) in [5.74, 6) is 0.0217. The highest BCUT2D eigenvalue weighted by Gasteiger charge is 2.13. The zero-order chi connectivity index (χ0) is 12.7. The van der Waals surface area contributed by atoms with Crippen molar-refractivity contribution in [3.8, 4) is 0 Å². The molecular weight excluding hydrogens is 216 g/mol. The van der Waals surface area contributed by atoms with Gasteiger partial charge in [-0.05, 0) is 26.3 Å².